The van der Waals surface area contributed by atoms with Crippen LogP contribution in [0.1, 0.15) is 0 Å². The van der Waals surface area contributed by atoms with Crippen LogP contribution in [0.15, 0.2) is 158 Å². The fraction of sp³-hybridized carbons (Fsp3) is 0. The van der Waals surface area contributed by atoms with Gasteiger partial charge >= 0.3 is 0 Å². The van der Waals surface area contributed by atoms with Crippen LogP contribution in [0.2, 0.25) is 0 Å². The van der Waals surface area contributed by atoms with Gasteiger partial charge in [-0.2, -0.15) is 0 Å². The summed E-state index contributed by atoms with van der Waals surface area (Å²) in [5.74, 6) is 0. The smallest absolute Gasteiger partial charge is 0.0466 e. The Morgan fingerprint density at radius 1 is 0.341 bits per heavy atom. The molecule has 0 spiro atoms. The Hall–Kier alpha value is -4.51. The van der Waals surface area contributed by atoms with Gasteiger partial charge in [0, 0.05) is 76.4 Å². The zero-order valence-electron chi connectivity index (χ0n) is 23.4. The van der Waals surface area contributed by atoms with Gasteiger partial charge in [0.25, 0.3) is 0 Å². The van der Waals surface area contributed by atoms with Gasteiger partial charge in [0.2, 0.25) is 0 Å². The summed E-state index contributed by atoms with van der Waals surface area (Å²) in [6, 6.07) is 50.2. The number of nitrogens with zero attached hydrogens (tertiary/aromatic N) is 5. The predicted octanol–water partition coefficient (Wildman–Crippen LogP) is 8.10. The quantitative estimate of drug-likeness (QED) is 0.167. The van der Waals surface area contributed by atoms with Crippen molar-refractivity contribution in [3.8, 4) is 45.2 Å². The molecule has 0 aliphatic rings. The molecule has 2 radical (unpaired) electrons. The van der Waals surface area contributed by atoms with E-state index < -0.39 is 0 Å². The summed E-state index contributed by atoms with van der Waals surface area (Å²) in [5.41, 5.74) is 7.44. The van der Waals surface area contributed by atoms with Crippen molar-refractivity contribution in [3.05, 3.63) is 177 Å². The molecule has 5 nitrogen and oxygen atoms in total. The van der Waals surface area contributed by atoms with E-state index in [0.717, 1.165) is 45.2 Å². The van der Waals surface area contributed by atoms with Crippen molar-refractivity contribution in [1.29, 1.82) is 0 Å². The number of rotatable bonds is 4. The minimum Gasteiger partial charge on any atom is -0.350 e. The SMILES string of the molecule is [Ir].[Ir].[c-]1cc(-c2ccccn2)ncc1-c1ccccn1.[c-]1ccccc1-c1ccccn1.[c-]1ccccc1-c1ccccn1. The third-order valence-corrected chi connectivity index (χ3v) is 5.87. The van der Waals surface area contributed by atoms with E-state index in [-0.39, 0.29) is 40.2 Å². The normalized spacial score (nSPS) is 9.45. The average molecular weight is 925 g/mol. The van der Waals surface area contributed by atoms with Crippen LogP contribution < -0.4 is 0 Å². The van der Waals surface area contributed by atoms with Gasteiger partial charge in [-0.05, 0) is 47.4 Å². The molecule has 7 heteroatoms. The average Bonchev–Trinajstić information content (AvgIpc) is 3.11. The molecule has 0 aliphatic heterocycles. The number of aromatic nitrogens is 5. The molecule has 0 saturated heterocycles. The van der Waals surface area contributed by atoms with Crippen LogP contribution in [0.4, 0.5) is 0 Å². The summed E-state index contributed by atoms with van der Waals surface area (Å²) in [5, 5.41) is 0. The van der Waals surface area contributed by atoms with Crippen LogP contribution in [0.5, 0.6) is 0 Å². The molecule has 220 valence electrons. The zero-order valence-corrected chi connectivity index (χ0v) is 28.2. The standard InChI is InChI=1S/C15H10N3.2C11H8N.2Ir/c1-3-9-16-13(5-1)12-7-8-15(18-11-12)14-6-2-4-10-17-14;2*1-2-6-10(7-3-1)11-8-4-5-9-12-11;;/h1-6,8-11H;2*1-6,8-9H;;/q3*-1;;. The van der Waals surface area contributed by atoms with E-state index in [1.165, 1.54) is 0 Å². The van der Waals surface area contributed by atoms with E-state index in [0.29, 0.717) is 0 Å². The van der Waals surface area contributed by atoms with Gasteiger partial charge in [0.1, 0.15) is 0 Å². The second-order valence-electron chi connectivity index (χ2n) is 8.76. The van der Waals surface area contributed by atoms with Crippen LogP contribution in [-0.2, 0) is 40.2 Å². The second-order valence-corrected chi connectivity index (χ2v) is 8.76. The molecule has 0 bridgehead atoms. The minimum absolute atomic E-state index is 0. The van der Waals surface area contributed by atoms with E-state index in [9.17, 15) is 0 Å². The molecule has 7 aromatic rings. The van der Waals surface area contributed by atoms with Gasteiger partial charge in [-0.15, -0.1) is 89.5 Å². The topological polar surface area (TPSA) is 64.5 Å². The molecular formula is C37H26Ir2N5-3. The van der Waals surface area contributed by atoms with E-state index in [1.54, 1.807) is 31.0 Å². The van der Waals surface area contributed by atoms with Crippen molar-refractivity contribution in [3.63, 3.8) is 0 Å². The molecular weight excluding hydrogens is 899 g/mol. The monoisotopic (exact) mass is 926 g/mol. The first-order valence-corrected chi connectivity index (χ1v) is 13.3. The third-order valence-electron chi connectivity index (χ3n) is 5.87. The molecule has 5 heterocycles. The van der Waals surface area contributed by atoms with Crippen LogP contribution in [0.25, 0.3) is 45.2 Å². The van der Waals surface area contributed by atoms with Crippen molar-refractivity contribution >= 4 is 0 Å². The van der Waals surface area contributed by atoms with Crippen LogP contribution in [-0.4, -0.2) is 24.9 Å². The fourth-order valence-corrected chi connectivity index (χ4v) is 3.82. The zero-order chi connectivity index (χ0) is 28.7. The Balaban J connectivity index is 0.000000182. The largest absolute Gasteiger partial charge is 0.350 e. The van der Waals surface area contributed by atoms with Gasteiger partial charge in [-0.25, -0.2) is 0 Å². The Labute approximate surface area is 285 Å². The van der Waals surface area contributed by atoms with Crippen molar-refractivity contribution in [1.82, 2.24) is 24.9 Å². The van der Waals surface area contributed by atoms with Gasteiger partial charge in [0.15, 0.2) is 0 Å². The van der Waals surface area contributed by atoms with E-state index in [2.05, 4.69) is 43.1 Å². The molecule has 44 heavy (non-hydrogen) atoms. The van der Waals surface area contributed by atoms with E-state index >= 15 is 0 Å². The molecule has 0 atom stereocenters. The maximum atomic E-state index is 4.39. The van der Waals surface area contributed by atoms with Crippen molar-refractivity contribution in [2.24, 2.45) is 0 Å². The first-order chi connectivity index (χ1) is 20.9. The molecule has 0 aliphatic carbocycles. The maximum Gasteiger partial charge on any atom is 0.0466 e. The number of hydrogen-bond donors (Lipinski definition) is 0. The van der Waals surface area contributed by atoms with Crippen LogP contribution in [0, 0.1) is 18.2 Å². The summed E-state index contributed by atoms with van der Waals surface area (Å²) < 4.78 is 0. The van der Waals surface area contributed by atoms with Gasteiger partial charge < -0.3 is 19.9 Å². The fourth-order valence-electron chi connectivity index (χ4n) is 3.82. The molecule has 0 unspecified atom stereocenters. The number of benzene rings is 2. The molecule has 0 amide bonds. The number of hydrogen-bond acceptors (Lipinski definition) is 5. The Bertz CT molecular complexity index is 1520. The summed E-state index contributed by atoms with van der Waals surface area (Å²) in [4.78, 5) is 21.3. The second kappa shape index (κ2) is 18.9. The molecule has 7 rings (SSSR count). The Morgan fingerprint density at radius 3 is 1.09 bits per heavy atom. The molecule has 0 N–H and O–H groups in total. The predicted molar refractivity (Wildman–Crippen MR) is 167 cm³/mol. The van der Waals surface area contributed by atoms with E-state index in [1.807, 2.05) is 127 Å². The van der Waals surface area contributed by atoms with Gasteiger partial charge in [-0.3, -0.25) is 4.98 Å². The molecule has 5 aromatic heterocycles. The molecule has 0 fully saturated rings. The van der Waals surface area contributed by atoms with Crippen molar-refractivity contribution in [2.45, 2.75) is 0 Å². The van der Waals surface area contributed by atoms with Crippen molar-refractivity contribution < 1.29 is 40.2 Å². The molecule has 2 aromatic carbocycles. The van der Waals surface area contributed by atoms with Gasteiger partial charge in [0.05, 0.1) is 0 Å². The minimum atomic E-state index is 0. The summed E-state index contributed by atoms with van der Waals surface area (Å²) >= 11 is 0. The van der Waals surface area contributed by atoms with Crippen molar-refractivity contribution in [2.75, 3.05) is 0 Å². The maximum absolute atomic E-state index is 4.39. The number of pyridine rings is 5. The first-order valence-electron chi connectivity index (χ1n) is 13.3. The van der Waals surface area contributed by atoms with E-state index in [4.69, 9.17) is 0 Å². The van der Waals surface area contributed by atoms with Crippen LogP contribution in [0.3, 0.4) is 0 Å². The Morgan fingerprint density at radius 2 is 0.750 bits per heavy atom. The summed E-state index contributed by atoms with van der Waals surface area (Å²) in [6.07, 6.45) is 8.86. The van der Waals surface area contributed by atoms with Crippen LogP contribution >= 0.6 is 0 Å². The Kier molecular flexibility index (Phi) is 14.6. The third kappa shape index (κ3) is 10.3. The molecule has 0 saturated carbocycles. The summed E-state index contributed by atoms with van der Waals surface area (Å²) in [6.45, 7) is 0. The summed E-state index contributed by atoms with van der Waals surface area (Å²) in [7, 11) is 0. The first kappa shape index (κ1) is 34.0. The van der Waals surface area contributed by atoms with Gasteiger partial charge in [-0.1, -0.05) is 48.7 Å².